The van der Waals surface area contributed by atoms with Crippen molar-refractivity contribution < 1.29 is 32.6 Å². The molecule has 146 valence electrons. The van der Waals surface area contributed by atoms with Crippen LogP contribution in [0, 0.1) is 0 Å². The fourth-order valence-corrected chi connectivity index (χ4v) is 3.44. The number of phenols is 1. The topological polar surface area (TPSA) is 88.0 Å². The molecule has 0 radical (unpaired) electrons. The van der Waals surface area contributed by atoms with E-state index in [4.69, 9.17) is 0 Å². The van der Waals surface area contributed by atoms with Gasteiger partial charge in [0, 0.05) is 17.7 Å². The summed E-state index contributed by atoms with van der Waals surface area (Å²) in [5, 5.41) is 11.6. The van der Waals surface area contributed by atoms with Gasteiger partial charge in [-0.1, -0.05) is 11.8 Å². The Kier molecular flexibility index (Phi) is 5.59. The summed E-state index contributed by atoms with van der Waals surface area (Å²) in [5.74, 6) is -1.24. The first kappa shape index (κ1) is 19.7. The van der Waals surface area contributed by atoms with Gasteiger partial charge in [0.2, 0.25) is 5.91 Å². The largest absolute Gasteiger partial charge is 0.573 e. The number of carbonyl (C=O) groups excluding carboxylic acids is 2. The van der Waals surface area contributed by atoms with Crippen molar-refractivity contribution in [2.45, 2.75) is 18.0 Å². The van der Waals surface area contributed by atoms with E-state index in [0.717, 1.165) is 23.9 Å². The zero-order chi connectivity index (χ0) is 20.3. The molecule has 3 rings (SSSR count). The first-order valence-corrected chi connectivity index (χ1v) is 8.82. The molecule has 0 spiro atoms. The van der Waals surface area contributed by atoms with Crippen LogP contribution in [0.4, 0.5) is 18.9 Å². The maximum Gasteiger partial charge on any atom is 0.573 e. The molecule has 2 amide bonds. The number of anilines is 1. The van der Waals surface area contributed by atoms with Gasteiger partial charge >= 0.3 is 6.36 Å². The third-order valence-electron chi connectivity index (χ3n) is 3.60. The molecular weight excluding hydrogens is 397 g/mol. The molecule has 2 N–H and O–H groups in total. The van der Waals surface area contributed by atoms with Crippen molar-refractivity contribution in [2.75, 3.05) is 5.32 Å². The van der Waals surface area contributed by atoms with Gasteiger partial charge in [-0.15, -0.1) is 13.2 Å². The summed E-state index contributed by atoms with van der Waals surface area (Å²) < 4.78 is 40.2. The Labute approximate surface area is 161 Å². The summed E-state index contributed by atoms with van der Waals surface area (Å²) in [4.78, 5) is 28.1. The van der Waals surface area contributed by atoms with E-state index in [2.05, 4.69) is 15.0 Å². The van der Waals surface area contributed by atoms with Crippen LogP contribution in [-0.4, -0.2) is 33.6 Å². The quantitative estimate of drug-likeness (QED) is 0.785. The van der Waals surface area contributed by atoms with Gasteiger partial charge in [0.15, 0.2) is 0 Å². The molecular formula is C18H13F3N2O4S. The van der Waals surface area contributed by atoms with Gasteiger partial charge in [0.1, 0.15) is 21.8 Å². The van der Waals surface area contributed by atoms with Gasteiger partial charge in [-0.25, -0.2) is 4.99 Å². The Morgan fingerprint density at radius 1 is 1.14 bits per heavy atom. The van der Waals surface area contributed by atoms with Crippen LogP contribution in [0.15, 0.2) is 53.5 Å². The van der Waals surface area contributed by atoms with Crippen LogP contribution >= 0.6 is 11.8 Å². The Bertz CT molecular complexity index is 912. The zero-order valence-electron chi connectivity index (χ0n) is 14.1. The Morgan fingerprint density at radius 3 is 2.39 bits per heavy atom. The normalized spacial score (nSPS) is 16.6. The number of aromatic hydroxyl groups is 1. The van der Waals surface area contributed by atoms with Crippen molar-refractivity contribution in [3.05, 3.63) is 54.1 Å². The van der Waals surface area contributed by atoms with Gasteiger partial charge in [-0.2, -0.15) is 0 Å². The molecule has 1 aliphatic heterocycles. The number of halogens is 3. The number of nitrogens with zero attached hydrogens (tertiary/aromatic N) is 1. The number of rotatable bonds is 5. The third-order valence-corrected chi connectivity index (χ3v) is 4.80. The van der Waals surface area contributed by atoms with Crippen molar-refractivity contribution in [3.8, 4) is 11.5 Å². The van der Waals surface area contributed by atoms with Crippen LogP contribution in [0.25, 0.3) is 0 Å². The summed E-state index contributed by atoms with van der Waals surface area (Å²) in [5.41, 5.74) is 0.925. The molecule has 0 unspecified atom stereocenters. The predicted molar refractivity (Wildman–Crippen MR) is 97.4 cm³/mol. The molecule has 2 aromatic rings. The summed E-state index contributed by atoms with van der Waals surface area (Å²) in [6.07, 6.45) is -4.94. The number of benzene rings is 2. The van der Waals surface area contributed by atoms with Gasteiger partial charge in [-0.3, -0.25) is 9.59 Å². The molecule has 1 aliphatic rings. The van der Waals surface area contributed by atoms with E-state index in [-0.39, 0.29) is 17.9 Å². The van der Waals surface area contributed by atoms with E-state index in [0.29, 0.717) is 10.6 Å². The highest BCUT2D eigenvalue weighted by atomic mass is 32.2. The Morgan fingerprint density at radius 2 is 1.79 bits per heavy atom. The first-order valence-electron chi connectivity index (χ1n) is 7.94. The van der Waals surface area contributed by atoms with Crippen LogP contribution in [0.2, 0.25) is 0 Å². The van der Waals surface area contributed by atoms with Crippen LogP contribution in [0.3, 0.4) is 0 Å². The van der Waals surface area contributed by atoms with Crippen molar-refractivity contribution in [1.82, 2.24) is 0 Å². The Balaban J connectivity index is 1.55. The lowest BCUT2D eigenvalue weighted by Crippen LogP contribution is -2.21. The van der Waals surface area contributed by atoms with Crippen LogP contribution in [0.5, 0.6) is 11.5 Å². The number of carbonyl (C=O) groups is 2. The minimum Gasteiger partial charge on any atom is -0.508 e. The number of thioether (sulfide) groups is 1. The molecule has 6 nitrogen and oxygen atoms in total. The second kappa shape index (κ2) is 7.93. The average molecular weight is 410 g/mol. The van der Waals surface area contributed by atoms with E-state index in [1.165, 1.54) is 24.3 Å². The minimum absolute atomic E-state index is 0.0845. The molecule has 0 saturated heterocycles. The second-order valence-electron chi connectivity index (χ2n) is 5.73. The molecule has 28 heavy (non-hydrogen) atoms. The highest BCUT2D eigenvalue weighted by Crippen LogP contribution is 2.30. The number of amides is 2. The maximum absolute atomic E-state index is 12.1. The zero-order valence-corrected chi connectivity index (χ0v) is 14.9. The average Bonchev–Trinajstić information content (AvgIpc) is 2.96. The molecule has 10 heteroatoms. The number of alkyl halides is 3. The molecule has 1 atom stereocenters. The highest BCUT2D eigenvalue weighted by molar-refractivity contribution is 8.16. The molecule has 2 aromatic carbocycles. The van der Waals surface area contributed by atoms with Gasteiger partial charge in [0.25, 0.3) is 5.91 Å². The minimum atomic E-state index is -4.79. The lowest BCUT2D eigenvalue weighted by atomic mass is 10.2. The fraction of sp³-hybridized carbons (Fsp3) is 0.167. The number of phenolic OH excluding ortho intramolecular Hbond substituents is 1. The maximum atomic E-state index is 12.1. The number of nitrogens with one attached hydrogen (secondary N) is 1. The van der Waals surface area contributed by atoms with Crippen molar-refractivity contribution in [2.24, 2.45) is 4.99 Å². The Hall–Kier alpha value is -3.01. The van der Waals surface area contributed by atoms with Crippen LogP contribution in [-0.2, 0) is 9.59 Å². The monoisotopic (exact) mass is 410 g/mol. The fourth-order valence-electron chi connectivity index (χ4n) is 2.37. The van der Waals surface area contributed by atoms with Crippen LogP contribution in [0.1, 0.15) is 12.0 Å². The summed E-state index contributed by atoms with van der Waals surface area (Å²) in [6.45, 7) is 0. The molecule has 0 saturated carbocycles. The molecule has 0 aliphatic carbocycles. The number of hydrogen-bond acceptors (Lipinski definition) is 5. The van der Waals surface area contributed by atoms with Crippen LogP contribution < -0.4 is 10.1 Å². The summed E-state index contributed by atoms with van der Waals surface area (Å²) >= 11 is 1.14. The van der Waals surface area contributed by atoms with E-state index in [9.17, 15) is 27.9 Å². The highest BCUT2D eigenvalue weighted by Gasteiger charge is 2.32. The van der Waals surface area contributed by atoms with E-state index in [1.807, 2.05) is 0 Å². The number of hydrogen-bond donors (Lipinski definition) is 2. The SMILES string of the molecule is O=C(C[C@H]1SC(c2ccc(O)cc2)=NC1=O)Nc1ccc(OC(F)(F)F)cc1. The summed E-state index contributed by atoms with van der Waals surface area (Å²) in [7, 11) is 0. The number of aliphatic imine (C=N–C) groups is 1. The third kappa shape index (κ3) is 5.26. The molecule has 0 fully saturated rings. The molecule has 0 aromatic heterocycles. The van der Waals surface area contributed by atoms with Crippen molar-refractivity contribution >= 4 is 34.3 Å². The standard InChI is InChI=1S/C18H13F3N2O4S/c19-18(20,21)27-13-7-3-11(4-8-13)22-15(25)9-14-16(26)23-17(28-14)10-1-5-12(24)6-2-10/h1-8,14,24H,9H2,(H,22,25)/t14-/m1/s1. The molecule has 1 heterocycles. The van der Waals surface area contributed by atoms with Gasteiger partial charge in [0.05, 0.1) is 0 Å². The first-order chi connectivity index (χ1) is 13.2. The second-order valence-corrected chi connectivity index (χ2v) is 6.92. The lowest BCUT2D eigenvalue weighted by Gasteiger charge is -2.11. The number of ether oxygens (including phenoxy) is 1. The summed E-state index contributed by atoms with van der Waals surface area (Å²) in [6, 6.07) is 10.8. The van der Waals surface area contributed by atoms with Crippen molar-refractivity contribution in [1.29, 1.82) is 0 Å². The molecule has 0 bridgehead atoms. The van der Waals surface area contributed by atoms with E-state index < -0.39 is 29.2 Å². The lowest BCUT2D eigenvalue weighted by molar-refractivity contribution is -0.274. The van der Waals surface area contributed by atoms with Crippen molar-refractivity contribution in [3.63, 3.8) is 0 Å². The van der Waals surface area contributed by atoms with E-state index in [1.54, 1.807) is 12.1 Å². The smallest absolute Gasteiger partial charge is 0.508 e. The van der Waals surface area contributed by atoms with E-state index >= 15 is 0 Å². The predicted octanol–water partition coefficient (Wildman–Crippen LogP) is 3.71. The van der Waals surface area contributed by atoms with Gasteiger partial charge < -0.3 is 15.2 Å². The van der Waals surface area contributed by atoms with Gasteiger partial charge in [-0.05, 0) is 48.5 Å².